The molecule has 1 aliphatic heterocycles. The minimum absolute atomic E-state index is 0.0325. The quantitative estimate of drug-likeness (QED) is 0.602. The summed E-state index contributed by atoms with van der Waals surface area (Å²) in [6, 6.07) is 9.14. The maximum absolute atomic E-state index is 12.6. The van der Waals surface area contributed by atoms with Crippen LogP contribution in [-0.2, 0) is 30.9 Å². The predicted octanol–water partition coefficient (Wildman–Crippen LogP) is 1.46. The smallest absolute Gasteiger partial charge is 0.338 e. The van der Waals surface area contributed by atoms with Gasteiger partial charge in [0.1, 0.15) is 0 Å². The topological polar surface area (TPSA) is 113 Å². The molecule has 1 aromatic heterocycles. The number of thiophene rings is 1. The summed E-state index contributed by atoms with van der Waals surface area (Å²) in [5, 5.41) is 1.85. The van der Waals surface area contributed by atoms with Crippen LogP contribution in [0.15, 0.2) is 46.7 Å². The third-order valence-electron chi connectivity index (χ3n) is 5.06. The van der Waals surface area contributed by atoms with Crippen LogP contribution in [0.5, 0.6) is 0 Å². The van der Waals surface area contributed by atoms with Gasteiger partial charge in [-0.25, -0.2) is 17.9 Å². The van der Waals surface area contributed by atoms with E-state index in [0.29, 0.717) is 26.2 Å². The van der Waals surface area contributed by atoms with E-state index in [0.717, 1.165) is 4.88 Å². The van der Waals surface area contributed by atoms with E-state index in [2.05, 4.69) is 4.72 Å². The Morgan fingerprint density at radius 3 is 2.41 bits per heavy atom. The van der Waals surface area contributed by atoms with Gasteiger partial charge in [-0.3, -0.25) is 9.59 Å². The Morgan fingerprint density at radius 2 is 1.78 bits per heavy atom. The van der Waals surface area contributed by atoms with Gasteiger partial charge >= 0.3 is 5.97 Å². The maximum atomic E-state index is 12.6. The third-order valence-corrected chi connectivity index (χ3v) is 7.34. The number of nitrogens with one attached hydrogen (secondary N) is 1. The van der Waals surface area contributed by atoms with E-state index in [-0.39, 0.29) is 28.8 Å². The number of rotatable bonds is 7. The van der Waals surface area contributed by atoms with Crippen molar-refractivity contribution < 1.29 is 27.5 Å². The number of ether oxygens (including phenoxy) is 1. The largest absolute Gasteiger partial charge is 0.449 e. The van der Waals surface area contributed by atoms with Crippen LogP contribution < -0.4 is 4.72 Å². The Kier molecular flexibility index (Phi) is 7.64. The predicted molar refractivity (Wildman–Crippen MR) is 118 cm³/mol. The molecule has 1 fully saturated rings. The Bertz CT molecular complexity index is 1080. The number of nitrogens with zero attached hydrogens (tertiary/aromatic N) is 2. The fourth-order valence-corrected chi connectivity index (χ4v) is 5.02. The van der Waals surface area contributed by atoms with Crippen molar-refractivity contribution in [1.82, 2.24) is 14.5 Å². The SMILES string of the molecule is CC(=O)N1CCN(C(=O)C(C)OC(=O)c2cccc(S(=O)(=O)NCc3cccs3)c2)CC1. The lowest BCUT2D eigenvalue weighted by Gasteiger charge is -2.35. The molecule has 11 heteroatoms. The highest BCUT2D eigenvalue weighted by atomic mass is 32.2. The van der Waals surface area contributed by atoms with Crippen molar-refractivity contribution in [2.45, 2.75) is 31.4 Å². The van der Waals surface area contributed by atoms with Crippen molar-refractivity contribution in [2.75, 3.05) is 26.2 Å². The molecule has 1 atom stereocenters. The van der Waals surface area contributed by atoms with E-state index in [4.69, 9.17) is 4.74 Å². The summed E-state index contributed by atoms with van der Waals surface area (Å²) < 4.78 is 32.9. The lowest BCUT2D eigenvalue weighted by Crippen LogP contribution is -2.52. The number of carbonyl (C=O) groups excluding carboxylic acids is 3. The van der Waals surface area contributed by atoms with E-state index in [9.17, 15) is 22.8 Å². The van der Waals surface area contributed by atoms with Crippen molar-refractivity contribution in [1.29, 1.82) is 0 Å². The van der Waals surface area contributed by atoms with Crippen molar-refractivity contribution in [3.05, 3.63) is 52.2 Å². The van der Waals surface area contributed by atoms with Gasteiger partial charge < -0.3 is 14.5 Å². The first-order valence-corrected chi connectivity index (χ1v) is 12.4. The molecular weight excluding hydrogens is 454 g/mol. The van der Waals surface area contributed by atoms with Crippen LogP contribution >= 0.6 is 11.3 Å². The summed E-state index contributed by atoms with van der Waals surface area (Å²) in [6.45, 7) is 4.69. The molecule has 0 saturated carbocycles. The highest BCUT2D eigenvalue weighted by Gasteiger charge is 2.28. The molecule has 1 aliphatic rings. The van der Waals surface area contributed by atoms with Gasteiger partial charge in [0.25, 0.3) is 5.91 Å². The fraction of sp³-hybridized carbons (Fsp3) is 0.381. The summed E-state index contributed by atoms with van der Waals surface area (Å²) in [6.07, 6.45) is -1.04. The summed E-state index contributed by atoms with van der Waals surface area (Å²) in [5.41, 5.74) is 0.0325. The Balaban J connectivity index is 1.60. The van der Waals surface area contributed by atoms with Gasteiger partial charge in [0, 0.05) is 44.5 Å². The molecule has 0 spiro atoms. The molecule has 1 aromatic carbocycles. The number of piperazine rings is 1. The van der Waals surface area contributed by atoms with Gasteiger partial charge in [-0.15, -0.1) is 11.3 Å². The first-order chi connectivity index (χ1) is 15.2. The van der Waals surface area contributed by atoms with E-state index in [1.807, 2.05) is 17.5 Å². The molecule has 2 heterocycles. The molecule has 0 aliphatic carbocycles. The monoisotopic (exact) mass is 479 g/mol. The van der Waals surface area contributed by atoms with Crippen LogP contribution in [0, 0.1) is 0 Å². The Labute approximate surface area is 191 Å². The van der Waals surface area contributed by atoms with E-state index in [1.54, 1.807) is 9.80 Å². The summed E-state index contributed by atoms with van der Waals surface area (Å²) in [5.74, 6) is -1.19. The van der Waals surface area contributed by atoms with E-state index in [1.165, 1.54) is 49.4 Å². The van der Waals surface area contributed by atoms with Crippen molar-refractivity contribution in [3.63, 3.8) is 0 Å². The molecule has 2 aromatic rings. The maximum Gasteiger partial charge on any atom is 0.338 e. The third kappa shape index (κ3) is 5.93. The number of esters is 1. The minimum Gasteiger partial charge on any atom is -0.449 e. The van der Waals surface area contributed by atoms with Crippen molar-refractivity contribution >= 4 is 39.1 Å². The Hall–Kier alpha value is -2.76. The van der Waals surface area contributed by atoms with Crippen molar-refractivity contribution in [3.8, 4) is 0 Å². The molecular formula is C21H25N3O6S2. The zero-order valence-electron chi connectivity index (χ0n) is 17.8. The zero-order valence-corrected chi connectivity index (χ0v) is 19.4. The van der Waals surface area contributed by atoms with Crippen LogP contribution in [0.3, 0.4) is 0 Å². The molecule has 0 radical (unpaired) electrons. The Morgan fingerprint density at radius 1 is 1.09 bits per heavy atom. The molecule has 9 nitrogen and oxygen atoms in total. The number of hydrogen-bond acceptors (Lipinski definition) is 7. The zero-order chi connectivity index (χ0) is 23.3. The van der Waals surface area contributed by atoms with Crippen LogP contribution in [0.2, 0.25) is 0 Å². The number of sulfonamides is 1. The van der Waals surface area contributed by atoms with Gasteiger partial charge in [0.15, 0.2) is 6.10 Å². The standard InChI is InChI=1S/C21H25N3O6S2/c1-15(20(26)24-10-8-23(9-11-24)16(2)25)30-21(27)17-5-3-7-19(13-17)32(28,29)22-14-18-6-4-12-31-18/h3-7,12-13,15,22H,8-11,14H2,1-2H3. The molecule has 1 unspecified atom stereocenters. The number of amides is 2. The minimum atomic E-state index is -3.83. The molecule has 3 rings (SSSR count). The fourth-order valence-electron chi connectivity index (χ4n) is 3.23. The van der Waals surface area contributed by atoms with Gasteiger partial charge in [0.05, 0.1) is 10.5 Å². The normalized spacial score (nSPS) is 15.3. The van der Waals surface area contributed by atoms with Crippen LogP contribution in [-0.4, -0.2) is 68.3 Å². The van der Waals surface area contributed by atoms with Gasteiger partial charge in [-0.2, -0.15) is 0 Å². The van der Waals surface area contributed by atoms with Gasteiger partial charge in [-0.1, -0.05) is 12.1 Å². The lowest BCUT2D eigenvalue weighted by molar-refractivity contribution is -0.144. The summed E-state index contributed by atoms with van der Waals surface area (Å²) in [7, 11) is -3.83. The van der Waals surface area contributed by atoms with Crippen molar-refractivity contribution in [2.24, 2.45) is 0 Å². The molecule has 1 saturated heterocycles. The number of hydrogen-bond donors (Lipinski definition) is 1. The summed E-state index contributed by atoms with van der Waals surface area (Å²) in [4.78, 5) is 40.6. The molecule has 2 amide bonds. The summed E-state index contributed by atoms with van der Waals surface area (Å²) >= 11 is 1.43. The first-order valence-electron chi connectivity index (χ1n) is 10.0. The van der Waals surface area contributed by atoms with E-state index < -0.39 is 22.1 Å². The molecule has 172 valence electrons. The second kappa shape index (κ2) is 10.2. The highest BCUT2D eigenvalue weighted by molar-refractivity contribution is 7.89. The average molecular weight is 480 g/mol. The number of carbonyl (C=O) groups is 3. The van der Waals surface area contributed by atoms with Crippen LogP contribution in [0.1, 0.15) is 29.1 Å². The van der Waals surface area contributed by atoms with Gasteiger partial charge in [0.2, 0.25) is 15.9 Å². The number of benzene rings is 1. The first kappa shape index (κ1) is 23.9. The molecule has 1 N–H and O–H groups in total. The lowest BCUT2D eigenvalue weighted by atomic mass is 10.2. The van der Waals surface area contributed by atoms with Crippen LogP contribution in [0.4, 0.5) is 0 Å². The molecule has 32 heavy (non-hydrogen) atoms. The van der Waals surface area contributed by atoms with Gasteiger partial charge in [-0.05, 0) is 36.6 Å². The van der Waals surface area contributed by atoms with E-state index >= 15 is 0 Å². The second-order valence-electron chi connectivity index (χ2n) is 7.31. The van der Waals surface area contributed by atoms with Crippen LogP contribution in [0.25, 0.3) is 0 Å². The molecule has 0 bridgehead atoms. The highest BCUT2D eigenvalue weighted by Crippen LogP contribution is 2.16. The second-order valence-corrected chi connectivity index (χ2v) is 10.1. The average Bonchev–Trinajstić information content (AvgIpc) is 3.31.